The molecule has 4 nitrogen and oxygen atoms in total. The van der Waals surface area contributed by atoms with Gasteiger partial charge in [-0.3, -0.25) is 0 Å². The smallest absolute Gasteiger partial charge is 0.328 e. The van der Waals surface area contributed by atoms with Crippen LogP contribution in [0.25, 0.3) is 0 Å². The van der Waals surface area contributed by atoms with Gasteiger partial charge in [0.1, 0.15) is 0 Å². The Hall–Kier alpha value is -0.830. The first-order valence-electron chi connectivity index (χ1n) is 6.67. The highest BCUT2D eigenvalue weighted by molar-refractivity contribution is 7.89. The van der Waals surface area contributed by atoms with E-state index in [0.717, 1.165) is 12.1 Å². The summed E-state index contributed by atoms with van der Waals surface area (Å²) in [6.07, 6.45) is -3.76. The van der Waals surface area contributed by atoms with E-state index in [-0.39, 0.29) is 18.6 Å². The van der Waals surface area contributed by atoms with Crippen LogP contribution < -0.4 is 5.73 Å². The molecule has 124 valence electrons. The summed E-state index contributed by atoms with van der Waals surface area (Å²) in [5.74, 6) is 0. The Morgan fingerprint density at radius 1 is 1.36 bits per heavy atom. The number of rotatable bonds is 2. The van der Waals surface area contributed by atoms with Gasteiger partial charge in [-0.05, 0) is 38.0 Å². The van der Waals surface area contributed by atoms with Crippen molar-refractivity contribution in [3.05, 3.63) is 28.8 Å². The minimum absolute atomic E-state index is 0.0996. The van der Waals surface area contributed by atoms with Crippen LogP contribution in [0.3, 0.4) is 0 Å². The lowest BCUT2D eigenvalue weighted by Crippen LogP contribution is -2.48. The van der Waals surface area contributed by atoms with E-state index >= 15 is 0 Å². The van der Waals surface area contributed by atoms with Gasteiger partial charge < -0.3 is 5.73 Å². The first-order valence-corrected chi connectivity index (χ1v) is 8.49. The van der Waals surface area contributed by atoms with Crippen molar-refractivity contribution in [2.75, 3.05) is 6.54 Å². The van der Waals surface area contributed by atoms with Crippen molar-refractivity contribution in [1.82, 2.24) is 4.31 Å². The third-order valence-corrected chi connectivity index (χ3v) is 6.04. The molecule has 0 unspecified atom stereocenters. The molecule has 2 rings (SSSR count). The van der Waals surface area contributed by atoms with E-state index in [1.165, 1.54) is 4.31 Å². The molecule has 2 atom stereocenters. The summed E-state index contributed by atoms with van der Waals surface area (Å²) >= 11 is 5.52. The van der Waals surface area contributed by atoms with Gasteiger partial charge >= 0.3 is 6.18 Å². The van der Waals surface area contributed by atoms with E-state index in [2.05, 4.69) is 0 Å². The maximum Gasteiger partial charge on any atom is 0.417 e. The van der Waals surface area contributed by atoms with Crippen molar-refractivity contribution in [3.63, 3.8) is 0 Å². The zero-order valence-electron chi connectivity index (χ0n) is 11.8. The lowest BCUT2D eigenvalue weighted by atomic mass is 10.0. The lowest BCUT2D eigenvalue weighted by molar-refractivity contribution is -0.137. The molecule has 1 aromatic carbocycles. The molecule has 2 N–H and O–H groups in total. The Morgan fingerprint density at radius 2 is 2.00 bits per heavy atom. The van der Waals surface area contributed by atoms with E-state index in [1.54, 1.807) is 6.92 Å². The van der Waals surface area contributed by atoms with Crippen LogP contribution in [0.15, 0.2) is 23.1 Å². The molecule has 1 aliphatic rings. The normalized spacial score (nSPS) is 24.5. The van der Waals surface area contributed by atoms with Crippen LogP contribution in [-0.2, 0) is 16.2 Å². The average Bonchev–Trinajstić information content (AvgIpc) is 2.36. The first-order chi connectivity index (χ1) is 10.0. The molecule has 1 saturated heterocycles. The minimum Gasteiger partial charge on any atom is -0.328 e. The van der Waals surface area contributed by atoms with Gasteiger partial charge in [0.25, 0.3) is 0 Å². The second-order valence-corrected chi connectivity index (χ2v) is 7.69. The predicted octanol–water partition coefficient (Wildman–Crippen LogP) is 2.86. The zero-order chi connectivity index (χ0) is 16.7. The maximum absolute atomic E-state index is 12.9. The van der Waals surface area contributed by atoms with Crippen LogP contribution >= 0.6 is 11.6 Å². The Bertz CT molecular complexity index is 664. The van der Waals surface area contributed by atoms with Gasteiger partial charge in [0.15, 0.2) is 0 Å². The molecule has 0 amide bonds. The SMILES string of the molecule is C[C@H]1C[C@@H](N)CCN1S(=O)(=O)c1ccc(Cl)c(C(F)(F)F)c1. The van der Waals surface area contributed by atoms with E-state index in [9.17, 15) is 21.6 Å². The predicted molar refractivity (Wildman–Crippen MR) is 77.0 cm³/mol. The van der Waals surface area contributed by atoms with Crippen molar-refractivity contribution in [3.8, 4) is 0 Å². The third kappa shape index (κ3) is 3.40. The molecule has 0 aliphatic carbocycles. The van der Waals surface area contributed by atoms with Crippen LogP contribution in [0, 0.1) is 0 Å². The van der Waals surface area contributed by atoms with Gasteiger partial charge in [-0.25, -0.2) is 8.42 Å². The van der Waals surface area contributed by atoms with E-state index in [1.807, 2.05) is 0 Å². The van der Waals surface area contributed by atoms with Crippen molar-refractivity contribution in [1.29, 1.82) is 0 Å². The Labute approximate surface area is 132 Å². The van der Waals surface area contributed by atoms with Gasteiger partial charge in [-0.2, -0.15) is 17.5 Å². The molecule has 0 aromatic heterocycles. The van der Waals surface area contributed by atoms with E-state index in [0.29, 0.717) is 18.9 Å². The van der Waals surface area contributed by atoms with E-state index < -0.39 is 31.7 Å². The molecule has 1 fully saturated rings. The van der Waals surface area contributed by atoms with Crippen molar-refractivity contribution >= 4 is 21.6 Å². The molecule has 0 radical (unpaired) electrons. The molecule has 1 aromatic rings. The Balaban J connectivity index is 2.42. The van der Waals surface area contributed by atoms with Gasteiger partial charge in [-0.1, -0.05) is 11.6 Å². The van der Waals surface area contributed by atoms with Crippen LogP contribution in [-0.4, -0.2) is 31.4 Å². The van der Waals surface area contributed by atoms with Crippen LogP contribution in [0.2, 0.25) is 5.02 Å². The monoisotopic (exact) mass is 356 g/mol. The highest BCUT2D eigenvalue weighted by Crippen LogP contribution is 2.37. The fourth-order valence-corrected chi connectivity index (χ4v) is 4.47. The Kier molecular flexibility index (Phi) is 4.77. The van der Waals surface area contributed by atoms with Gasteiger partial charge in [0.05, 0.1) is 15.5 Å². The summed E-state index contributed by atoms with van der Waals surface area (Å²) < 4.78 is 65.0. The first kappa shape index (κ1) is 17.5. The van der Waals surface area contributed by atoms with Crippen molar-refractivity contribution < 1.29 is 21.6 Å². The summed E-state index contributed by atoms with van der Waals surface area (Å²) in [5.41, 5.74) is 4.63. The largest absolute Gasteiger partial charge is 0.417 e. The summed E-state index contributed by atoms with van der Waals surface area (Å²) in [6.45, 7) is 1.88. The van der Waals surface area contributed by atoms with E-state index in [4.69, 9.17) is 17.3 Å². The summed E-state index contributed by atoms with van der Waals surface area (Å²) in [4.78, 5) is -0.411. The van der Waals surface area contributed by atoms with Crippen LogP contribution in [0.5, 0.6) is 0 Å². The number of alkyl halides is 3. The number of benzene rings is 1. The fraction of sp³-hybridized carbons (Fsp3) is 0.538. The van der Waals surface area contributed by atoms with Crippen LogP contribution in [0.4, 0.5) is 13.2 Å². The molecule has 1 heterocycles. The molecular formula is C13H16ClF3N2O2S. The number of sulfonamides is 1. The maximum atomic E-state index is 12.9. The molecule has 0 spiro atoms. The molecule has 22 heavy (non-hydrogen) atoms. The zero-order valence-corrected chi connectivity index (χ0v) is 13.3. The van der Waals surface area contributed by atoms with Crippen molar-refractivity contribution in [2.24, 2.45) is 5.73 Å². The average molecular weight is 357 g/mol. The molecule has 0 bridgehead atoms. The molecular weight excluding hydrogens is 341 g/mol. The Morgan fingerprint density at radius 3 is 2.55 bits per heavy atom. The highest BCUT2D eigenvalue weighted by Gasteiger charge is 2.37. The van der Waals surface area contributed by atoms with Gasteiger partial charge in [0.2, 0.25) is 10.0 Å². The number of halogens is 4. The van der Waals surface area contributed by atoms with Crippen LogP contribution in [0.1, 0.15) is 25.3 Å². The number of nitrogens with two attached hydrogens (primary N) is 1. The van der Waals surface area contributed by atoms with Gasteiger partial charge in [-0.15, -0.1) is 0 Å². The number of piperidine rings is 1. The topological polar surface area (TPSA) is 63.4 Å². The lowest BCUT2D eigenvalue weighted by Gasteiger charge is -2.35. The quantitative estimate of drug-likeness (QED) is 0.886. The fourth-order valence-electron chi connectivity index (χ4n) is 2.56. The summed E-state index contributed by atoms with van der Waals surface area (Å²) in [7, 11) is -4.02. The third-order valence-electron chi connectivity index (χ3n) is 3.71. The number of hydrogen-bond donors (Lipinski definition) is 1. The standard InChI is InChI=1S/C13H16ClF3N2O2S/c1-8-6-9(18)4-5-19(8)22(20,21)10-2-3-12(14)11(7-10)13(15,16)17/h2-3,7-9H,4-6,18H2,1H3/t8-,9-/m0/s1. The summed E-state index contributed by atoms with van der Waals surface area (Å²) in [6, 6.07) is 2.17. The van der Waals surface area contributed by atoms with Crippen molar-refractivity contribution in [2.45, 2.75) is 42.9 Å². The van der Waals surface area contributed by atoms with Gasteiger partial charge in [0, 0.05) is 18.6 Å². The highest BCUT2D eigenvalue weighted by atomic mass is 35.5. The molecule has 9 heteroatoms. The second-order valence-electron chi connectivity index (χ2n) is 5.39. The number of hydrogen-bond acceptors (Lipinski definition) is 3. The minimum atomic E-state index is -4.71. The number of nitrogens with zero attached hydrogens (tertiary/aromatic N) is 1. The second kappa shape index (κ2) is 5.99. The molecule has 1 aliphatic heterocycles. The molecule has 0 saturated carbocycles. The summed E-state index contributed by atoms with van der Waals surface area (Å²) in [5, 5.41) is -0.528.